The molecule has 0 aliphatic rings. The van der Waals surface area contributed by atoms with Crippen molar-refractivity contribution in [2.24, 2.45) is 0 Å². The quantitative estimate of drug-likeness (QED) is 0.0598. The number of phenols is 1. The van der Waals surface area contributed by atoms with E-state index in [9.17, 15) is 21.9 Å². The van der Waals surface area contributed by atoms with E-state index in [-0.39, 0.29) is 9.79 Å². The third-order valence-electron chi connectivity index (χ3n) is 9.38. The molecule has 5 aromatic carbocycles. The molecule has 3 N–H and O–H groups in total. The van der Waals surface area contributed by atoms with Crippen LogP contribution in [-0.2, 0) is 33.1 Å². The maximum atomic E-state index is 11.0. The summed E-state index contributed by atoms with van der Waals surface area (Å²) in [5.41, 5.74) is 2.61. The van der Waals surface area contributed by atoms with Crippen LogP contribution in [0, 0.1) is 0 Å². The van der Waals surface area contributed by atoms with Gasteiger partial charge in [-0.1, -0.05) is 176 Å². The molecule has 9 heteroatoms. The number of benzene rings is 5. The summed E-state index contributed by atoms with van der Waals surface area (Å²) in [5, 5.41) is 12.9. The molecule has 0 atom stereocenters. The minimum atomic E-state index is -4.13. The summed E-state index contributed by atoms with van der Waals surface area (Å²) < 4.78 is 61.9. The van der Waals surface area contributed by atoms with Crippen molar-refractivity contribution in [2.45, 2.75) is 126 Å². The summed E-state index contributed by atoms with van der Waals surface area (Å²) in [5.74, 6) is 0.520. The van der Waals surface area contributed by atoms with Crippen molar-refractivity contribution in [2.75, 3.05) is 0 Å². The minimum absolute atomic E-state index is 0.0457. The Balaban J connectivity index is 0.000000229. The van der Waals surface area contributed by atoms with Crippen LogP contribution in [0.5, 0.6) is 5.75 Å². The predicted molar refractivity (Wildman–Crippen MR) is 219 cm³/mol. The van der Waals surface area contributed by atoms with Crippen LogP contribution < -0.4 is 0 Å². The van der Waals surface area contributed by atoms with E-state index in [1.165, 1.54) is 113 Å². The Labute approximate surface area is 318 Å². The molecular weight excluding hydrogens is 705 g/mol. The summed E-state index contributed by atoms with van der Waals surface area (Å²) in [6.45, 7) is 4.54. The van der Waals surface area contributed by atoms with Gasteiger partial charge in [0, 0.05) is 10.8 Å². The standard InChI is InChI=1S/C24H42O.2C10H8O3S/c1-3-5-7-9-11-13-15-18-22-19-17-21-24(25)23(22)20-16-14-12-10-8-6-4-2;2*11-14(12,13)10-7-3-5-8-4-1-2-6-9(8)10/h17,19,21,25H,3-16,18,20H2,1-2H3;2*1-7H,(H,11,12,13). The summed E-state index contributed by atoms with van der Waals surface area (Å²) in [6.07, 6.45) is 21.0. The number of fused-ring (bicyclic) bond motifs is 2. The largest absolute Gasteiger partial charge is 0.508 e. The molecule has 0 aliphatic carbocycles. The van der Waals surface area contributed by atoms with Crippen LogP contribution in [0.1, 0.15) is 115 Å². The zero-order valence-corrected chi connectivity index (χ0v) is 33.1. The number of hydrogen-bond donors (Lipinski definition) is 3. The fourth-order valence-corrected chi connectivity index (χ4v) is 7.95. The van der Waals surface area contributed by atoms with Gasteiger partial charge in [0.2, 0.25) is 0 Å². The molecule has 288 valence electrons. The number of hydrogen-bond acceptors (Lipinski definition) is 5. The Morgan fingerprint density at radius 3 is 1.26 bits per heavy atom. The molecule has 7 nitrogen and oxygen atoms in total. The molecule has 0 radical (unpaired) electrons. The van der Waals surface area contributed by atoms with Gasteiger partial charge in [0.05, 0.1) is 0 Å². The first-order chi connectivity index (χ1) is 25.5. The van der Waals surface area contributed by atoms with Gasteiger partial charge in [0.1, 0.15) is 15.5 Å². The molecule has 0 saturated carbocycles. The molecule has 5 rings (SSSR count). The molecule has 0 spiro atoms. The Bertz CT molecular complexity index is 1920. The van der Waals surface area contributed by atoms with E-state index in [4.69, 9.17) is 9.11 Å². The Hall–Kier alpha value is -3.76. The lowest BCUT2D eigenvalue weighted by Crippen LogP contribution is -1.98. The molecule has 0 aromatic heterocycles. The Kier molecular flexibility index (Phi) is 19.0. The molecule has 0 saturated heterocycles. The second-order valence-corrected chi connectivity index (χ2v) is 16.3. The van der Waals surface area contributed by atoms with Crippen molar-refractivity contribution in [1.29, 1.82) is 0 Å². The minimum Gasteiger partial charge on any atom is -0.508 e. The number of unbranched alkanes of at least 4 members (excludes halogenated alkanes) is 12. The third kappa shape index (κ3) is 15.3. The molecule has 0 amide bonds. The van der Waals surface area contributed by atoms with Crippen molar-refractivity contribution in [3.05, 3.63) is 114 Å². The number of phenolic OH excluding ortho intramolecular Hbond substituents is 1. The first-order valence-electron chi connectivity index (χ1n) is 19.2. The number of rotatable bonds is 18. The Morgan fingerprint density at radius 2 is 0.811 bits per heavy atom. The van der Waals surface area contributed by atoms with E-state index in [0.29, 0.717) is 16.5 Å². The lowest BCUT2D eigenvalue weighted by Gasteiger charge is -2.12. The van der Waals surface area contributed by atoms with Crippen LogP contribution in [0.3, 0.4) is 0 Å². The van der Waals surface area contributed by atoms with Crippen LogP contribution >= 0.6 is 0 Å². The highest BCUT2D eigenvalue weighted by molar-refractivity contribution is 7.86. The first kappa shape index (κ1) is 43.6. The zero-order valence-electron chi connectivity index (χ0n) is 31.4. The fourth-order valence-electron chi connectivity index (χ4n) is 6.52. The van der Waals surface area contributed by atoms with Gasteiger partial charge < -0.3 is 5.11 Å². The van der Waals surface area contributed by atoms with Crippen molar-refractivity contribution < 1.29 is 31.0 Å². The predicted octanol–water partition coefficient (Wildman–Crippen LogP) is 12.2. The van der Waals surface area contributed by atoms with Gasteiger partial charge in [-0.05, 0) is 65.8 Å². The molecule has 0 aliphatic heterocycles. The monoisotopic (exact) mass is 762 g/mol. The van der Waals surface area contributed by atoms with Crippen LogP contribution in [0.25, 0.3) is 21.5 Å². The average molecular weight is 763 g/mol. The third-order valence-corrected chi connectivity index (χ3v) is 11.2. The van der Waals surface area contributed by atoms with Gasteiger partial charge in [-0.2, -0.15) is 16.8 Å². The van der Waals surface area contributed by atoms with E-state index in [1.54, 1.807) is 60.7 Å². The van der Waals surface area contributed by atoms with Crippen molar-refractivity contribution in [1.82, 2.24) is 0 Å². The second-order valence-electron chi connectivity index (χ2n) is 13.6. The van der Waals surface area contributed by atoms with E-state index < -0.39 is 20.2 Å². The molecule has 0 fully saturated rings. The maximum Gasteiger partial charge on any atom is 0.295 e. The highest BCUT2D eigenvalue weighted by atomic mass is 32.2. The van der Waals surface area contributed by atoms with E-state index in [2.05, 4.69) is 19.9 Å². The molecular formula is C44H58O7S2. The van der Waals surface area contributed by atoms with Gasteiger partial charge in [0.15, 0.2) is 0 Å². The van der Waals surface area contributed by atoms with Crippen molar-refractivity contribution in [3.8, 4) is 5.75 Å². The van der Waals surface area contributed by atoms with Crippen molar-refractivity contribution >= 4 is 41.8 Å². The van der Waals surface area contributed by atoms with Gasteiger partial charge in [-0.15, -0.1) is 0 Å². The summed E-state index contributed by atoms with van der Waals surface area (Å²) >= 11 is 0. The van der Waals surface area contributed by atoms with Gasteiger partial charge in [-0.25, -0.2) is 0 Å². The number of aryl methyl sites for hydroxylation is 1. The fraction of sp³-hybridized carbons (Fsp3) is 0.409. The van der Waals surface area contributed by atoms with Crippen molar-refractivity contribution in [3.63, 3.8) is 0 Å². The second kappa shape index (κ2) is 23.1. The SMILES string of the molecule is CCCCCCCCCc1cccc(O)c1CCCCCCCCC.O=S(=O)(O)c1cccc2ccccc12.O=S(=O)(O)c1cccc2ccccc12. The summed E-state index contributed by atoms with van der Waals surface area (Å²) in [4.78, 5) is -0.0915. The molecule has 5 aromatic rings. The molecule has 53 heavy (non-hydrogen) atoms. The topological polar surface area (TPSA) is 129 Å². The van der Waals surface area contributed by atoms with Crippen LogP contribution in [0.4, 0.5) is 0 Å². The van der Waals surface area contributed by atoms with E-state index in [0.717, 1.165) is 23.6 Å². The summed E-state index contributed by atoms with van der Waals surface area (Å²) in [6, 6.07) is 29.7. The highest BCUT2D eigenvalue weighted by Crippen LogP contribution is 2.26. The lowest BCUT2D eigenvalue weighted by atomic mass is 9.95. The Morgan fingerprint density at radius 1 is 0.434 bits per heavy atom. The van der Waals surface area contributed by atoms with Gasteiger partial charge in [0.25, 0.3) is 20.2 Å². The average Bonchev–Trinajstić information content (AvgIpc) is 3.14. The maximum absolute atomic E-state index is 11.0. The first-order valence-corrected chi connectivity index (χ1v) is 22.1. The lowest BCUT2D eigenvalue weighted by molar-refractivity contribution is 0.464. The molecule has 0 bridgehead atoms. The summed E-state index contributed by atoms with van der Waals surface area (Å²) in [7, 11) is -8.26. The molecule has 0 heterocycles. The van der Waals surface area contributed by atoms with Gasteiger partial charge >= 0.3 is 0 Å². The van der Waals surface area contributed by atoms with Crippen LogP contribution in [0.2, 0.25) is 0 Å². The normalized spacial score (nSPS) is 11.5. The van der Waals surface area contributed by atoms with Crippen LogP contribution in [-0.4, -0.2) is 31.0 Å². The van der Waals surface area contributed by atoms with Gasteiger partial charge in [-0.3, -0.25) is 9.11 Å². The smallest absolute Gasteiger partial charge is 0.295 e. The molecule has 0 unspecified atom stereocenters. The van der Waals surface area contributed by atoms with E-state index in [1.807, 2.05) is 24.3 Å². The number of aromatic hydroxyl groups is 1. The highest BCUT2D eigenvalue weighted by Gasteiger charge is 2.13. The zero-order chi connectivity index (χ0) is 38.5. The van der Waals surface area contributed by atoms with E-state index >= 15 is 0 Å². The van der Waals surface area contributed by atoms with Crippen LogP contribution in [0.15, 0.2) is 113 Å².